The summed E-state index contributed by atoms with van der Waals surface area (Å²) in [5, 5.41) is 0. The molecule has 1 spiro atoms. The van der Waals surface area contributed by atoms with Crippen LogP contribution >= 0.6 is 0 Å². The van der Waals surface area contributed by atoms with Crippen molar-refractivity contribution in [3.05, 3.63) is 64.7 Å². The maximum atomic E-state index is 13.6. The minimum atomic E-state index is -4.47. The second-order valence-electron chi connectivity index (χ2n) is 13.0. The van der Waals surface area contributed by atoms with Crippen LogP contribution in [0.2, 0.25) is 0 Å². The van der Waals surface area contributed by atoms with Crippen molar-refractivity contribution >= 4 is 18.0 Å². The van der Waals surface area contributed by atoms with E-state index in [2.05, 4.69) is 11.0 Å². The molecule has 7 rings (SSSR count). The second kappa shape index (κ2) is 10.3. The third-order valence-corrected chi connectivity index (χ3v) is 10.7. The maximum Gasteiger partial charge on any atom is 0.416 e. The first-order valence-corrected chi connectivity index (χ1v) is 15.4. The zero-order valence-electron chi connectivity index (χ0n) is 25.2. The number of carbonyl (C=O) groups excluding carboxylic acids is 2. The van der Waals surface area contributed by atoms with E-state index in [1.807, 2.05) is 6.07 Å². The molecule has 0 N–H and O–H groups in total. The van der Waals surface area contributed by atoms with E-state index in [1.165, 1.54) is 44.1 Å². The van der Waals surface area contributed by atoms with Crippen molar-refractivity contribution in [2.24, 2.45) is 5.92 Å². The Morgan fingerprint density at radius 3 is 2.66 bits per heavy atom. The topological polar surface area (TPSA) is 68.3 Å². The molecule has 0 aromatic heterocycles. The van der Waals surface area contributed by atoms with Crippen LogP contribution in [-0.2, 0) is 32.3 Å². The molecule has 7 nitrogen and oxygen atoms in total. The van der Waals surface area contributed by atoms with Gasteiger partial charge in [0.15, 0.2) is 11.5 Å². The molecule has 234 valence electrons. The van der Waals surface area contributed by atoms with Crippen LogP contribution < -0.4 is 9.47 Å². The van der Waals surface area contributed by atoms with E-state index in [-0.39, 0.29) is 29.5 Å². The lowest BCUT2D eigenvalue weighted by molar-refractivity contribution is -0.223. The second-order valence-corrected chi connectivity index (χ2v) is 13.0. The predicted octanol–water partition coefficient (Wildman–Crippen LogP) is 5.39. The molecule has 10 heteroatoms. The van der Waals surface area contributed by atoms with Crippen LogP contribution in [0.1, 0.15) is 61.3 Å². The standard InChI is InChI=1S/C34H37F3N2O5/c1-20(40)44-33-14-13-25(38(2)28(41)12-9-21-5-4-6-24(17-21)34(35,36)37)31-32(33)15-16-39(19-22-7-8-22)27(33)18-23-10-11-26(42-3)30(43-31)29(23)32/h4-6,9-12,17,22,25,27,31H,7-8,13-16,18-19H2,1-3H3/t25-,27-,31+,32+,33-/m1/s1. The van der Waals surface area contributed by atoms with Gasteiger partial charge in [0, 0.05) is 32.2 Å². The molecule has 3 fully saturated rings. The zero-order valence-corrected chi connectivity index (χ0v) is 25.2. The molecule has 5 aliphatic rings. The molecule has 44 heavy (non-hydrogen) atoms. The summed E-state index contributed by atoms with van der Waals surface area (Å²) in [4.78, 5) is 30.6. The Labute approximate surface area is 254 Å². The van der Waals surface area contributed by atoms with Crippen molar-refractivity contribution in [3.8, 4) is 11.5 Å². The van der Waals surface area contributed by atoms with E-state index < -0.39 is 28.9 Å². The van der Waals surface area contributed by atoms with Gasteiger partial charge in [0.2, 0.25) is 5.91 Å². The Morgan fingerprint density at radius 2 is 1.95 bits per heavy atom. The summed E-state index contributed by atoms with van der Waals surface area (Å²) in [6, 6.07) is 8.56. The Morgan fingerprint density at radius 1 is 1.16 bits per heavy atom. The van der Waals surface area contributed by atoms with Crippen LogP contribution in [0.25, 0.3) is 6.08 Å². The number of piperidine rings is 1. The molecule has 1 amide bonds. The number of amides is 1. The SMILES string of the molecule is COc1ccc2c3c1O[C@H]1[C@H](N(C)C(=O)C=Cc4cccc(C(F)(F)F)c4)CC[C@@]4(OC(C)=O)[C@@H](C2)N(CC2CC2)CC[C@]314. The minimum Gasteiger partial charge on any atom is -0.493 e. The molecule has 2 bridgehead atoms. The third kappa shape index (κ3) is 4.35. The van der Waals surface area contributed by atoms with Crippen molar-refractivity contribution in [2.45, 2.75) is 80.8 Å². The highest BCUT2D eigenvalue weighted by atomic mass is 19.4. The van der Waals surface area contributed by atoms with Crippen LogP contribution in [-0.4, -0.2) is 72.7 Å². The van der Waals surface area contributed by atoms with Crippen molar-refractivity contribution in [2.75, 3.05) is 27.2 Å². The van der Waals surface area contributed by atoms with Gasteiger partial charge in [-0.25, -0.2) is 0 Å². The van der Waals surface area contributed by atoms with E-state index in [0.717, 1.165) is 42.8 Å². The molecule has 2 heterocycles. The number of rotatable bonds is 7. The first-order valence-electron chi connectivity index (χ1n) is 15.4. The van der Waals surface area contributed by atoms with Crippen LogP contribution in [0.15, 0.2) is 42.5 Å². The quantitative estimate of drug-likeness (QED) is 0.310. The Hall–Kier alpha value is -3.53. The van der Waals surface area contributed by atoms with E-state index >= 15 is 0 Å². The van der Waals surface area contributed by atoms with Gasteiger partial charge in [-0.3, -0.25) is 14.5 Å². The van der Waals surface area contributed by atoms with Gasteiger partial charge in [-0.05, 0) is 86.4 Å². The van der Waals surface area contributed by atoms with E-state index in [0.29, 0.717) is 36.7 Å². The highest BCUT2D eigenvalue weighted by molar-refractivity contribution is 5.92. The Balaban J connectivity index is 1.27. The number of nitrogens with zero attached hydrogens (tertiary/aromatic N) is 2. The summed E-state index contributed by atoms with van der Waals surface area (Å²) in [7, 11) is 3.32. The van der Waals surface area contributed by atoms with Gasteiger partial charge < -0.3 is 19.1 Å². The summed E-state index contributed by atoms with van der Waals surface area (Å²) in [6.07, 6.45) is 2.76. The van der Waals surface area contributed by atoms with Crippen molar-refractivity contribution < 1.29 is 37.0 Å². The first kappa shape index (κ1) is 29.2. The highest BCUT2D eigenvalue weighted by Gasteiger charge is 2.75. The summed E-state index contributed by atoms with van der Waals surface area (Å²) in [5.74, 6) is 1.28. The average Bonchev–Trinajstić information content (AvgIpc) is 3.73. The number of methoxy groups -OCH3 is 1. The molecule has 5 atom stereocenters. The summed E-state index contributed by atoms with van der Waals surface area (Å²) >= 11 is 0. The lowest BCUT2D eigenvalue weighted by Crippen LogP contribution is -2.79. The van der Waals surface area contributed by atoms with Crippen molar-refractivity contribution in [1.82, 2.24) is 9.80 Å². The Bertz CT molecular complexity index is 1540. The van der Waals surface area contributed by atoms with E-state index in [4.69, 9.17) is 14.2 Å². The van der Waals surface area contributed by atoms with Gasteiger partial charge in [0.05, 0.1) is 30.2 Å². The first-order chi connectivity index (χ1) is 21.0. The van der Waals surface area contributed by atoms with Crippen LogP contribution in [0.5, 0.6) is 11.5 Å². The van der Waals surface area contributed by atoms with Gasteiger partial charge >= 0.3 is 12.1 Å². The lowest BCUT2D eigenvalue weighted by Gasteiger charge is -2.65. The smallest absolute Gasteiger partial charge is 0.416 e. The number of hydrogen-bond donors (Lipinski definition) is 0. The average molecular weight is 611 g/mol. The largest absolute Gasteiger partial charge is 0.493 e. The molecular weight excluding hydrogens is 573 g/mol. The molecule has 2 aromatic carbocycles. The molecular formula is C34H37F3N2O5. The Kier molecular flexibility index (Phi) is 6.81. The number of carbonyl (C=O) groups is 2. The molecule has 2 aliphatic heterocycles. The van der Waals surface area contributed by atoms with Gasteiger partial charge in [-0.15, -0.1) is 0 Å². The fraction of sp³-hybridized carbons (Fsp3) is 0.529. The summed E-state index contributed by atoms with van der Waals surface area (Å²) < 4.78 is 58.9. The lowest BCUT2D eigenvalue weighted by atomic mass is 9.48. The van der Waals surface area contributed by atoms with Gasteiger partial charge in [-0.2, -0.15) is 13.2 Å². The van der Waals surface area contributed by atoms with Gasteiger partial charge in [-0.1, -0.05) is 18.2 Å². The predicted molar refractivity (Wildman–Crippen MR) is 156 cm³/mol. The third-order valence-electron chi connectivity index (χ3n) is 10.7. The monoisotopic (exact) mass is 610 g/mol. The fourth-order valence-corrected chi connectivity index (χ4v) is 8.70. The minimum absolute atomic E-state index is 0.0125. The molecule has 2 saturated carbocycles. The maximum absolute atomic E-state index is 13.6. The van der Waals surface area contributed by atoms with E-state index in [1.54, 1.807) is 19.1 Å². The molecule has 1 saturated heterocycles. The number of halogens is 3. The molecule has 3 aliphatic carbocycles. The van der Waals surface area contributed by atoms with Crippen LogP contribution in [0, 0.1) is 5.92 Å². The molecule has 0 unspecified atom stereocenters. The number of likely N-dealkylation sites (tertiary alicyclic amines) is 1. The van der Waals surface area contributed by atoms with Gasteiger partial charge in [0.25, 0.3) is 0 Å². The van der Waals surface area contributed by atoms with E-state index in [9.17, 15) is 22.8 Å². The number of hydrogen-bond acceptors (Lipinski definition) is 6. The van der Waals surface area contributed by atoms with Crippen molar-refractivity contribution in [3.63, 3.8) is 0 Å². The molecule has 2 aromatic rings. The number of alkyl halides is 3. The number of ether oxygens (including phenoxy) is 3. The normalized spacial score (nSPS) is 30.5. The molecule has 0 radical (unpaired) electrons. The number of benzene rings is 2. The summed E-state index contributed by atoms with van der Waals surface area (Å²) in [6.45, 7) is 3.29. The number of likely N-dealkylation sites (N-methyl/N-ethyl adjacent to an activating group) is 1. The van der Waals surface area contributed by atoms with Crippen LogP contribution in [0.4, 0.5) is 13.2 Å². The van der Waals surface area contributed by atoms with Gasteiger partial charge in [0.1, 0.15) is 11.7 Å². The highest BCUT2D eigenvalue weighted by Crippen LogP contribution is 2.67. The van der Waals surface area contributed by atoms with Crippen LogP contribution in [0.3, 0.4) is 0 Å². The number of esters is 1. The van der Waals surface area contributed by atoms with Crippen molar-refractivity contribution in [1.29, 1.82) is 0 Å². The summed E-state index contributed by atoms with van der Waals surface area (Å²) in [5.41, 5.74) is 0.217. The fourth-order valence-electron chi connectivity index (χ4n) is 8.70. The zero-order chi connectivity index (χ0) is 31.0.